The third-order valence-corrected chi connectivity index (χ3v) is 11.5. The average Bonchev–Trinajstić information content (AvgIpc) is 3.47. The van der Waals surface area contributed by atoms with Gasteiger partial charge in [0.25, 0.3) is 0 Å². The van der Waals surface area contributed by atoms with Crippen LogP contribution in [0.15, 0.2) is 109 Å². The van der Waals surface area contributed by atoms with Gasteiger partial charge in [-0.2, -0.15) is 0 Å². The third-order valence-electron chi connectivity index (χ3n) is 6.19. The summed E-state index contributed by atoms with van der Waals surface area (Å²) < 4.78 is 4.49. The zero-order valence-electron chi connectivity index (χ0n) is 19.1. The molecule has 3 aromatic carbocycles. The molecule has 3 heteroatoms. The van der Waals surface area contributed by atoms with Crippen molar-refractivity contribution in [2.24, 2.45) is 11.8 Å². The summed E-state index contributed by atoms with van der Waals surface area (Å²) in [5.41, 5.74) is 1.45. The van der Waals surface area contributed by atoms with Crippen molar-refractivity contribution in [3.05, 3.63) is 115 Å². The maximum Gasteiger partial charge on any atom is 2.00 e. The van der Waals surface area contributed by atoms with Gasteiger partial charge in [-0.05, 0) is 18.3 Å². The Morgan fingerprint density at radius 2 is 1.12 bits per heavy atom. The van der Waals surface area contributed by atoms with Gasteiger partial charge in [0.1, 0.15) is 0 Å². The van der Waals surface area contributed by atoms with Crippen molar-refractivity contribution < 1.29 is 19.5 Å². The van der Waals surface area contributed by atoms with Gasteiger partial charge in [0.2, 0.25) is 0 Å². The molecule has 2 aliphatic rings. The smallest absolute Gasteiger partial charge is 2.00 e. The van der Waals surface area contributed by atoms with Gasteiger partial charge in [-0.25, -0.2) is 0 Å². The summed E-state index contributed by atoms with van der Waals surface area (Å²) in [6, 6.07) is 31.5. The first kappa shape index (κ1) is 24.9. The number of rotatable bonds is 5. The Balaban J connectivity index is 0.000000303. The average molecular weight is 572 g/mol. The molecule has 0 amide bonds. The van der Waals surface area contributed by atoms with Crippen LogP contribution in [0.5, 0.6) is 0 Å². The Morgan fingerprint density at radius 3 is 1.53 bits per heavy atom. The first-order valence-electron chi connectivity index (χ1n) is 11.2. The molecule has 0 aromatic heterocycles. The normalized spacial score (nSPS) is 18.9. The van der Waals surface area contributed by atoms with Crippen molar-refractivity contribution in [3.8, 4) is 0 Å². The van der Waals surface area contributed by atoms with E-state index in [0.29, 0.717) is 6.04 Å². The number of benzene rings is 3. The molecule has 1 nitrogen and oxygen atoms in total. The molecule has 2 bridgehead atoms. The van der Waals surface area contributed by atoms with Gasteiger partial charge in [-0.3, -0.25) is 0 Å². The Kier molecular flexibility index (Phi) is 9.30. The van der Waals surface area contributed by atoms with Gasteiger partial charge in [0.05, 0.1) is 0 Å². The van der Waals surface area contributed by atoms with Crippen molar-refractivity contribution in [1.29, 1.82) is 0 Å². The molecular formula is C29H32AsNRh+2. The van der Waals surface area contributed by atoms with E-state index in [1.54, 1.807) is 0 Å². The van der Waals surface area contributed by atoms with E-state index in [1.807, 2.05) is 0 Å². The van der Waals surface area contributed by atoms with Crippen molar-refractivity contribution >= 4 is 27.7 Å². The molecule has 0 spiro atoms. The molecule has 0 saturated heterocycles. The van der Waals surface area contributed by atoms with Crippen LogP contribution in [0.25, 0.3) is 0 Å². The predicted octanol–water partition coefficient (Wildman–Crippen LogP) is 4.57. The molecule has 1 unspecified atom stereocenters. The molecule has 165 valence electrons. The van der Waals surface area contributed by atoms with Gasteiger partial charge in [0.15, 0.2) is 0 Å². The van der Waals surface area contributed by atoms with Crippen LogP contribution in [0.2, 0.25) is 0 Å². The second kappa shape index (κ2) is 11.9. The van der Waals surface area contributed by atoms with Crippen molar-refractivity contribution in [2.45, 2.75) is 19.4 Å². The number of nitrogens with zero attached hydrogens (tertiary/aromatic N) is 1. The van der Waals surface area contributed by atoms with E-state index in [2.05, 4.69) is 135 Å². The number of allylic oxidation sites excluding steroid dienone is 4. The summed E-state index contributed by atoms with van der Waals surface area (Å²) in [4.78, 5) is 2.29. The van der Waals surface area contributed by atoms with E-state index >= 15 is 0 Å². The summed E-state index contributed by atoms with van der Waals surface area (Å²) >= 11 is -1.56. The van der Waals surface area contributed by atoms with Gasteiger partial charge in [0, 0.05) is 0 Å². The molecule has 0 heterocycles. The topological polar surface area (TPSA) is 3.24 Å². The van der Waals surface area contributed by atoms with Crippen molar-refractivity contribution in [3.63, 3.8) is 0 Å². The summed E-state index contributed by atoms with van der Waals surface area (Å²) in [6.45, 7) is 2.29. The molecule has 1 radical (unpaired) electrons. The van der Waals surface area contributed by atoms with E-state index in [4.69, 9.17) is 0 Å². The van der Waals surface area contributed by atoms with Crippen LogP contribution >= 0.6 is 0 Å². The van der Waals surface area contributed by atoms with Gasteiger partial charge in [-0.15, -0.1) is 0 Å². The second-order valence-corrected chi connectivity index (χ2v) is 13.1. The van der Waals surface area contributed by atoms with E-state index in [-0.39, 0.29) is 19.5 Å². The zero-order valence-corrected chi connectivity index (χ0v) is 22.6. The SMILES string of the molecule is C1=CC2C=CC1C2.CC(c1ccccc1[As](c1ccccc1)c1ccccc1)N(C)C.[Rh+2]. The Bertz CT molecular complexity index is 962. The number of hydrogen-bond donors (Lipinski definition) is 0. The Hall–Kier alpha value is -1.72. The molecule has 5 rings (SSSR count). The zero-order chi connectivity index (χ0) is 21.6. The quantitative estimate of drug-likeness (QED) is 0.320. The maximum absolute atomic E-state index is 2.34. The van der Waals surface area contributed by atoms with Gasteiger partial charge < -0.3 is 0 Å². The molecule has 32 heavy (non-hydrogen) atoms. The predicted molar refractivity (Wildman–Crippen MR) is 136 cm³/mol. The standard InChI is InChI=1S/C22H24AsN.C7H8.Rh/c1-18(24(2)3)21-16-10-11-17-22(21)23(19-12-6-4-7-13-19)20-14-8-5-9-15-20;1-2-7-4-3-6(1)5-7;/h4-18H,1-3H3;1-4,6-7H,5H2;/q;;+2. The summed E-state index contributed by atoms with van der Waals surface area (Å²) in [7, 11) is 4.31. The van der Waals surface area contributed by atoms with E-state index < -0.39 is 14.7 Å². The molecular weight excluding hydrogens is 540 g/mol. The monoisotopic (exact) mass is 572 g/mol. The molecule has 2 aliphatic carbocycles. The fraction of sp³-hybridized carbons (Fsp3) is 0.241. The van der Waals surface area contributed by atoms with E-state index in [9.17, 15) is 0 Å². The van der Waals surface area contributed by atoms with Gasteiger partial charge >= 0.3 is 170 Å². The molecule has 1 atom stereocenters. The second-order valence-electron chi connectivity index (χ2n) is 8.54. The van der Waals surface area contributed by atoms with E-state index in [0.717, 1.165) is 11.8 Å². The summed E-state index contributed by atoms with van der Waals surface area (Å²) in [6.07, 6.45) is 10.5. The fourth-order valence-electron chi connectivity index (χ4n) is 4.23. The Labute approximate surface area is 211 Å². The molecule has 0 aliphatic heterocycles. The third kappa shape index (κ3) is 5.99. The minimum absolute atomic E-state index is 0. The minimum Gasteiger partial charge on any atom is 2.00 e. The maximum atomic E-state index is 2.34. The molecule has 3 aromatic rings. The van der Waals surface area contributed by atoms with Crippen LogP contribution in [-0.4, -0.2) is 33.6 Å². The summed E-state index contributed by atoms with van der Waals surface area (Å²) in [5, 5.41) is 0. The van der Waals surface area contributed by atoms with Crippen LogP contribution < -0.4 is 13.1 Å². The summed E-state index contributed by atoms with van der Waals surface area (Å²) in [5.74, 6) is 1.62. The minimum atomic E-state index is -1.56. The largest absolute Gasteiger partial charge is 2.00 e. The number of fused-ring (bicyclic) bond motifs is 2. The molecule has 0 fully saturated rings. The first-order chi connectivity index (χ1) is 15.1. The van der Waals surface area contributed by atoms with E-state index in [1.165, 1.54) is 25.0 Å². The number of hydrogen-bond acceptors (Lipinski definition) is 1. The van der Waals surface area contributed by atoms with Crippen LogP contribution in [0.1, 0.15) is 24.9 Å². The first-order valence-corrected chi connectivity index (χ1v) is 14.0. The van der Waals surface area contributed by atoms with Crippen molar-refractivity contribution in [1.82, 2.24) is 4.90 Å². The van der Waals surface area contributed by atoms with Crippen LogP contribution in [0.3, 0.4) is 0 Å². The van der Waals surface area contributed by atoms with Gasteiger partial charge in [-0.1, -0.05) is 24.3 Å². The van der Waals surface area contributed by atoms with Crippen LogP contribution in [-0.2, 0) is 19.5 Å². The van der Waals surface area contributed by atoms with Crippen LogP contribution in [0, 0.1) is 11.8 Å². The van der Waals surface area contributed by atoms with Crippen LogP contribution in [0.4, 0.5) is 0 Å². The Morgan fingerprint density at radius 1 is 0.688 bits per heavy atom. The molecule has 0 N–H and O–H groups in total. The van der Waals surface area contributed by atoms with Crippen molar-refractivity contribution in [2.75, 3.05) is 14.1 Å². The fourth-order valence-corrected chi connectivity index (χ4v) is 9.58. The molecule has 0 saturated carbocycles.